The fraction of sp³-hybridized carbons (Fsp3) is 0.500. The summed E-state index contributed by atoms with van der Waals surface area (Å²) in [6.45, 7) is 2.60. The number of rotatable bonds is 6. The minimum absolute atomic E-state index is 0.0849. The number of benzene rings is 1. The van der Waals surface area contributed by atoms with Crippen molar-refractivity contribution in [3.05, 3.63) is 30.3 Å². The van der Waals surface area contributed by atoms with Crippen molar-refractivity contribution >= 4 is 5.84 Å². The maximum Gasteiger partial charge on any atom is 0.156 e. The van der Waals surface area contributed by atoms with Gasteiger partial charge in [-0.1, -0.05) is 23.4 Å². The topological polar surface area (TPSA) is 71.1 Å². The molecule has 1 aromatic carbocycles. The van der Waals surface area contributed by atoms with Crippen LogP contribution in [0.5, 0.6) is 5.75 Å². The van der Waals surface area contributed by atoms with Gasteiger partial charge in [0.25, 0.3) is 0 Å². The molecule has 1 unspecified atom stereocenters. The zero-order chi connectivity index (χ0) is 13.5. The second-order valence-electron chi connectivity index (χ2n) is 4.73. The van der Waals surface area contributed by atoms with Crippen molar-refractivity contribution in [1.82, 2.24) is 4.90 Å². The molecule has 104 valence electrons. The van der Waals surface area contributed by atoms with Crippen LogP contribution in [0.4, 0.5) is 0 Å². The van der Waals surface area contributed by atoms with E-state index in [1.807, 2.05) is 30.3 Å². The van der Waals surface area contributed by atoms with Crippen molar-refractivity contribution in [2.45, 2.75) is 25.3 Å². The first-order valence-electron chi connectivity index (χ1n) is 6.70. The Bertz CT molecular complexity index is 408. The third-order valence-corrected chi connectivity index (χ3v) is 3.42. The van der Waals surface area contributed by atoms with Gasteiger partial charge in [-0.25, -0.2) is 0 Å². The Morgan fingerprint density at radius 3 is 2.95 bits per heavy atom. The molecule has 1 aliphatic heterocycles. The molecule has 0 spiro atoms. The third kappa shape index (κ3) is 3.86. The molecular weight excluding hydrogens is 242 g/mol. The van der Waals surface area contributed by atoms with Crippen LogP contribution in [-0.2, 0) is 0 Å². The Kier molecular flexibility index (Phi) is 5.03. The van der Waals surface area contributed by atoms with Crippen LogP contribution in [0, 0.1) is 0 Å². The molecule has 0 saturated carbocycles. The Labute approximate surface area is 113 Å². The van der Waals surface area contributed by atoms with Crippen LogP contribution in [0.15, 0.2) is 35.5 Å². The molecule has 5 heteroatoms. The Morgan fingerprint density at radius 2 is 2.21 bits per heavy atom. The highest BCUT2D eigenvalue weighted by atomic mass is 16.5. The van der Waals surface area contributed by atoms with Gasteiger partial charge in [-0.2, -0.15) is 0 Å². The van der Waals surface area contributed by atoms with Crippen LogP contribution in [0.1, 0.15) is 19.3 Å². The largest absolute Gasteiger partial charge is 0.494 e. The van der Waals surface area contributed by atoms with E-state index in [-0.39, 0.29) is 6.04 Å². The van der Waals surface area contributed by atoms with Gasteiger partial charge in [0.15, 0.2) is 5.84 Å². The molecule has 0 amide bonds. The van der Waals surface area contributed by atoms with E-state index in [2.05, 4.69) is 10.1 Å². The van der Waals surface area contributed by atoms with Crippen molar-refractivity contribution in [2.75, 3.05) is 19.7 Å². The van der Waals surface area contributed by atoms with Crippen molar-refractivity contribution in [3.63, 3.8) is 0 Å². The number of oxime groups is 1. The summed E-state index contributed by atoms with van der Waals surface area (Å²) in [5.41, 5.74) is 5.69. The van der Waals surface area contributed by atoms with Crippen LogP contribution in [0.25, 0.3) is 0 Å². The summed E-state index contributed by atoms with van der Waals surface area (Å²) in [6, 6.07) is 9.89. The van der Waals surface area contributed by atoms with E-state index < -0.39 is 0 Å². The zero-order valence-corrected chi connectivity index (χ0v) is 11.0. The van der Waals surface area contributed by atoms with Crippen LogP contribution < -0.4 is 10.5 Å². The first kappa shape index (κ1) is 13.7. The monoisotopic (exact) mass is 263 g/mol. The van der Waals surface area contributed by atoms with Crippen molar-refractivity contribution in [1.29, 1.82) is 0 Å². The van der Waals surface area contributed by atoms with Crippen molar-refractivity contribution in [3.8, 4) is 5.75 Å². The normalized spacial score (nSPS) is 20.6. The van der Waals surface area contributed by atoms with E-state index in [1.165, 1.54) is 0 Å². The van der Waals surface area contributed by atoms with E-state index in [0.29, 0.717) is 12.4 Å². The molecule has 1 aliphatic rings. The lowest BCUT2D eigenvalue weighted by Gasteiger charge is -2.23. The number of para-hydroxylation sites is 1. The number of hydrogen-bond acceptors (Lipinski definition) is 4. The minimum atomic E-state index is 0.0849. The minimum Gasteiger partial charge on any atom is -0.494 e. The molecule has 1 atom stereocenters. The highest BCUT2D eigenvalue weighted by Gasteiger charge is 2.27. The first-order chi connectivity index (χ1) is 9.31. The summed E-state index contributed by atoms with van der Waals surface area (Å²) in [7, 11) is 0. The second-order valence-corrected chi connectivity index (χ2v) is 4.73. The molecule has 1 saturated heterocycles. The molecule has 1 heterocycles. The van der Waals surface area contributed by atoms with Crippen molar-refractivity contribution < 1.29 is 9.94 Å². The van der Waals surface area contributed by atoms with Gasteiger partial charge in [0, 0.05) is 6.54 Å². The smallest absolute Gasteiger partial charge is 0.156 e. The summed E-state index contributed by atoms with van der Waals surface area (Å²) >= 11 is 0. The van der Waals surface area contributed by atoms with E-state index in [4.69, 9.17) is 15.7 Å². The van der Waals surface area contributed by atoms with Gasteiger partial charge in [0.2, 0.25) is 0 Å². The first-order valence-corrected chi connectivity index (χ1v) is 6.70. The quantitative estimate of drug-likeness (QED) is 0.269. The number of likely N-dealkylation sites (tertiary alicyclic amines) is 1. The summed E-state index contributed by atoms with van der Waals surface area (Å²) in [4.78, 5) is 2.25. The molecule has 5 nitrogen and oxygen atoms in total. The molecule has 0 aliphatic carbocycles. The fourth-order valence-electron chi connectivity index (χ4n) is 2.47. The van der Waals surface area contributed by atoms with Gasteiger partial charge >= 0.3 is 0 Å². The highest BCUT2D eigenvalue weighted by molar-refractivity contribution is 5.85. The van der Waals surface area contributed by atoms with Gasteiger partial charge in [-0.05, 0) is 37.9 Å². The molecule has 19 heavy (non-hydrogen) atoms. The second kappa shape index (κ2) is 6.99. The zero-order valence-electron chi connectivity index (χ0n) is 11.0. The molecule has 0 bridgehead atoms. The summed E-state index contributed by atoms with van der Waals surface area (Å²) in [5, 5.41) is 11.9. The number of hydrogen-bond donors (Lipinski definition) is 2. The predicted octanol–water partition coefficient (Wildman–Crippen LogP) is 1.67. The molecule has 1 aromatic rings. The lowest BCUT2D eigenvalue weighted by Crippen LogP contribution is -2.41. The Balaban J connectivity index is 1.71. The van der Waals surface area contributed by atoms with Crippen LogP contribution in [0.3, 0.4) is 0 Å². The van der Waals surface area contributed by atoms with Crippen molar-refractivity contribution in [2.24, 2.45) is 10.9 Å². The van der Waals surface area contributed by atoms with Gasteiger partial charge in [0.1, 0.15) is 5.75 Å². The summed E-state index contributed by atoms with van der Waals surface area (Å²) in [6.07, 6.45) is 3.00. The molecule has 0 radical (unpaired) electrons. The fourth-order valence-corrected chi connectivity index (χ4v) is 2.47. The number of nitrogens with two attached hydrogens (primary N) is 1. The summed E-state index contributed by atoms with van der Waals surface area (Å²) < 4.78 is 5.65. The Morgan fingerprint density at radius 1 is 1.42 bits per heavy atom. The van der Waals surface area contributed by atoms with Crippen LogP contribution in [-0.4, -0.2) is 41.7 Å². The molecule has 1 fully saturated rings. The number of amidine groups is 1. The van der Waals surface area contributed by atoms with E-state index in [1.54, 1.807) is 0 Å². The van der Waals surface area contributed by atoms with E-state index in [9.17, 15) is 0 Å². The van der Waals surface area contributed by atoms with Gasteiger partial charge < -0.3 is 15.7 Å². The maximum absolute atomic E-state index is 8.74. The van der Waals surface area contributed by atoms with Gasteiger partial charge in [0.05, 0.1) is 12.6 Å². The lowest BCUT2D eigenvalue weighted by atomic mass is 10.2. The average molecular weight is 263 g/mol. The third-order valence-electron chi connectivity index (χ3n) is 3.42. The van der Waals surface area contributed by atoms with Gasteiger partial charge in [-0.3, -0.25) is 4.90 Å². The number of ether oxygens (including phenoxy) is 1. The standard InChI is InChI=1S/C14H21N3O2/c15-14(16-18)13-8-4-9-17(13)10-5-11-19-12-6-2-1-3-7-12/h1-3,6-7,13,18H,4-5,8-11H2,(H2,15,16). The molecule has 3 N–H and O–H groups in total. The maximum atomic E-state index is 8.74. The van der Waals surface area contributed by atoms with Crippen LogP contribution in [0.2, 0.25) is 0 Å². The van der Waals surface area contributed by atoms with E-state index >= 15 is 0 Å². The molecule has 2 rings (SSSR count). The number of nitrogens with zero attached hydrogens (tertiary/aromatic N) is 2. The Hall–Kier alpha value is -1.75. The lowest BCUT2D eigenvalue weighted by molar-refractivity contribution is 0.243. The summed E-state index contributed by atoms with van der Waals surface area (Å²) in [5.74, 6) is 1.22. The van der Waals surface area contributed by atoms with Crippen LogP contribution >= 0.6 is 0 Å². The average Bonchev–Trinajstić information content (AvgIpc) is 2.92. The van der Waals surface area contributed by atoms with Gasteiger partial charge in [-0.15, -0.1) is 0 Å². The predicted molar refractivity (Wildman–Crippen MR) is 74.6 cm³/mol. The van der Waals surface area contributed by atoms with E-state index in [0.717, 1.165) is 38.1 Å². The SMILES string of the molecule is NC(=NO)C1CCCN1CCCOc1ccccc1. The highest BCUT2D eigenvalue weighted by Crippen LogP contribution is 2.17. The molecule has 0 aromatic heterocycles. The molecular formula is C14H21N3O2.